The maximum absolute atomic E-state index is 10.2. The van der Waals surface area contributed by atoms with Gasteiger partial charge >= 0.3 is 0 Å². The van der Waals surface area contributed by atoms with Crippen molar-refractivity contribution in [2.24, 2.45) is 0 Å². The molecule has 0 amide bonds. The van der Waals surface area contributed by atoms with E-state index in [-0.39, 0.29) is 0 Å². The smallest absolute Gasteiger partial charge is 0.161 e. The molecule has 0 aromatic heterocycles. The molecule has 92 valence electrons. The number of hydrogen-bond acceptors (Lipinski definition) is 3. The van der Waals surface area contributed by atoms with Crippen LogP contribution in [0.3, 0.4) is 0 Å². The van der Waals surface area contributed by atoms with E-state index in [1.807, 2.05) is 6.07 Å². The van der Waals surface area contributed by atoms with Crippen molar-refractivity contribution in [3.63, 3.8) is 0 Å². The minimum atomic E-state index is 0.626. The van der Waals surface area contributed by atoms with E-state index in [0.29, 0.717) is 19.6 Å². The molecule has 0 radical (unpaired) electrons. The highest BCUT2D eigenvalue weighted by Gasteiger charge is 2.13. The summed E-state index contributed by atoms with van der Waals surface area (Å²) >= 11 is 0. The number of fused-ring (bicyclic) bond motifs is 1. The van der Waals surface area contributed by atoms with Crippen LogP contribution in [0.1, 0.15) is 30.4 Å². The highest BCUT2D eigenvalue weighted by Crippen LogP contribution is 2.33. The average molecular weight is 234 g/mol. The number of rotatable bonds is 5. The largest absolute Gasteiger partial charge is 0.486 e. The summed E-state index contributed by atoms with van der Waals surface area (Å²) in [7, 11) is 0. The highest BCUT2D eigenvalue weighted by molar-refractivity contribution is 5.49. The summed E-state index contributed by atoms with van der Waals surface area (Å²) in [5.41, 5.74) is 2.53. The lowest BCUT2D eigenvalue weighted by Gasteiger charge is -2.20. The van der Waals surface area contributed by atoms with Crippen molar-refractivity contribution in [1.82, 2.24) is 0 Å². The zero-order chi connectivity index (χ0) is 12.1. The van der Waals surface area contributed by atoms with Gasteiger partial charge in [0, 0.05) is 6.42 Å². The quantitative estimate of drug-likeness (QED) is 0.580. The third-order valence-corrected chi connectivity index (χ3v) is 3.02. The predicted octanol–water partition coefficient (Wildman–Crippen LogP) is 2.68. The van der Waals surface area contributed by atoms with Crippen LogP contribution >= 0.6 is 0 Å². The molecule has 1 heterocycles. The summed E-state index contributed by atoms with van der Waals surface area (Å²) in [6.45, 7) is 3.35. The lowest BCUT2D eigenvalue weighted by atomic mass is 10.0. The van der Waals surface area contributed by atoms with Crippen molar-refractivity contribution in [1.29, 1.82) is 0 Å². The van der Waals surface area contributed by atoms with Crippen LogP contribution < -0.4 is 9.47 Å². The summed E-state index contributed by atoms with van der Waals surface area (Å²) in [6, 6.07) is 4.12. The summed E-state index contributed by atoms with van der Waals surface area (Å²) in [5.74, 6) is 1.71. The minimum Gasteiger partial charge on any atom is -0.486 e. The average Bonchev–Trinajstić information content (AvgIpc) is 2.35. The molecule has 0 unspecified atom stereocenters. The van der Waals surface area contributed by atoms with Crippen molar-refractivity contribution in [3.8, 4) is 11.5 Å². The van der Waals surface area contributed by atoms with Crippen LogP contribution in [0.4, 0.5) is 0 Å². The van der Waals surface area contributed by atoms with E-state index >= 15 is 0 Å². The predicted molar refractivity (Wildman–Crippen MR) is 65.8 cm³/mol. The van der Waals surface area contributed by atoms with Gasteiger partial charge in [0.2, 0.25) is 0 Å². The van der Waals surface area contributed by atoms with Gasteiger partial charge in [-0.3, -0.25) is 0 Å². The van der Waals surface area contributed by atoms with Gasteiger partial charge in [-0.25, -0.2) is 0 Å². The molecule has 0 saturated carbocycles. The Morgan fingerprint density at radius 3 is 2.59 bits per heavy atom. The second kappa shape index (κ2) is 5.71. The van der Waals surface area contributed by atoms with E-state index < -0.39 is 0 Å². The van der Waals surface area contributed by atoms with E-state index in [4.69, 9.17) is 9.47 Å². The Balaban J connectivity index is 2.03. The molecule has 0 atom stereocenters. The van der Waals surface area contributed by atoms with Gasteiger partial charge in [0.1, 0.15) is 19.5 Å². The first kappa shape index (κ1) is 12.0. The molecule has 1 aliphatic rings. The molecule has 17 heavy (non-hydrogen) atoms. The third kappa shape index (κ3) is 2.99. The van der Waals surface area contributed by atoms with E-state index in [1.54, 1.807) is 0 Å². The van der Waals surface area contributed by atoms with E-state index in [9.17, 15) is 4.79 Å². The first-order valence-electron chi connectivity index (χ1n) is 6.14. The van der Waals surface area contributed by atoms with Crippen LogP contribution in [0.25, 0.3) is 0 Å². The number of carbonyl (C=O) groups is 1. The van der Waals surface area contributed by atoms with Crippen molar-refractivity contribution >= 4 is 6.29 Å². The van der Waals surface area contributed by atoms with Gasteiger partial charge in [0.25, 0.3) is 0 Å². The maximum atomic E-state index is 10.2. The summed E-state index contributed by atoms with van der Waals surface area (Å²) in [5, 5.41) is 0. The fourth-order valence-electron chi connectivity index (χ4n) is 2.04. The Bertz CT molecular complexity index is 399. The van der Waals surface area contributed by atoms with E-state index in [0.717, 1.165) is 37.0 Å². The fraction of sp³-hybridized carbons (Fsp3) is 0.500. The molecule has 3 nitrogen and oxygen atoms in total. The topological polar surface area (TPSA) is 35.5 Å². The monoisotopic (exact) mass is 234 g/mol. The normalized spacial score (nSPS) is 13.5. The highest BCUT2D eigenvalue weighted by atomic mass is 16.6. The number of benzene rings is 1. The second-order valence-corrected chi connectivity index (χ2v) is 4.33. The van der Waals surface area contributed by atoms with Crippen LogP contribution in [0, 0.1) is 6.92 Å². The van der Waals surface area contributed by atoms with Crippen molar-refractivity contribution in [2.75, 3.05) is 13.2 Å². The number of carbonyl (C=O) groups excluding carboxylic acids is 1. The molecule has 0 bridgehead atoms. The molecule has 1 aromatic rings. The second-order valence-electron chi connectivity index (χ2n) is 4.33. The van der Waals surface area contributed by atoms with E-state index in [2.05, 4.69) is 13.0 Å². The van der Waals surface area contributed by atoms with Crippen LogP contribution in [0.2, 0.25) is 0 Å². The molecule has 0 aliphatic carbocycles. The summed E-state index contributed by atoms with van der Waals surface area (Å²) in [6.07, 6.45) is 4.63. The summed E-state index contributed by atoms with van der Waals surface area (Å²) < 4.78 is 11.1. The van der Waals surface area contributed by atoms with Gasteiger partial charge in [-0.1, -0.05) is 0 Å². The van der Waals surface area contributed by atoms with Gasteiger partial charge in [-0.05, 0) is 49.4 Å². The molecule has 0 spiro atoms. The Labute approximate surface area is 102 Å². The SMILES string of the molecule is Cc1cc2c(cc1CCCCC=O)OCCO2. The zero-order valence-electron chi connectivity index (χ0n) is 10.2. The fourth-order valence-corrected chi connectivity index (χ4v) is 2.04. The van der Waals surface area contributed by atoms with Crippen LogP contribution in [0.5, 0.6) is 11.5 Å². The van der Waals surface area contributed by atoms with Crippen LogP contribution in [-0.4, -0.2) is 19.5 Å². The molecule has 2 rings (SSSR count). The van der Waals surface area contributed by atoms with Crippen molar-refractivity contribution < 1.29 is 14.3 Å². The number of hydrogen-bond donors (Lipinski definition) is 0. The number of unbranched alkanes of at least 4 members (excludes halogenated alkanes) is 2. The number of aryl methyl sites for hydroxylation is 2. The van der Waals surface area contributed by atoms with Gasteiger partial charge < -0.3 is 14.3 Å². The zero-order valence-corrected chi connectivity index (χ0v) is 10.2. The molecular weight excluding hydrogens is 216 g/mol. The third-order valence-electron chi connectivity index (χ3n) is 3.02. The molecule has 1 aromatic carbocycles. The molecular formula is C14H18O3. The Kier molecular flexibility index (Phi) is 4.02. The molecule has 0 N–H and O–H groups in total. The van der Waals surface area contributed by atoms with Gasteiger partial charge in [0.15, 0.2) is 11.5 Å². The van der Waals surface area contributed by atoms with Crippen LogP contribution in [0.15, 0.2) is 12.1 Å². The molecule has 0 fully saturated rings. The van der Waals surface area contributed by atoms with Crippen LogP contribution in [-0.2, 0) is 11.2 Å². The molecule has 1 aliphatic heterocycles. The Morgan fingerprint density at radius 2 is 1.88 bits per heavy atom. The Hall–Kier alpha value is -1.51. The lowest BCUT2D eigenvalue weighted by molar-refractivity contribution is -0.107. The molecule has 3 heteroatoms. The number of ether oxygens (including phenoxy) is 2. The molecule has 0 saturated heterocycles. The first-order valence-corrected chi connectivity index (χ1v) is 6.14. The first-order chi connectivity index (χ1) is 8.31. The van der Waals surface area contributed by atoms with Gasteiger partial charge in [-0.2, -0.15) is 0 Å². The van der Waals surface area contributed by atoms with Gasteiger partial charge in [0.05, 0.1) is 0 Å². The Morgan fingerprint density at radius 1 is 1.18 bits per heavy atom. The maximum Gasteiger partial charge on any atom is 0.161 e. The van der Waals surface area contributed by atoms with E-state index in [1.165, 1.54) is 11.1 Å². The van der Waals surface area contributed by atoms with Crippen molar-refractivity contribution in [3.05, 3.63) is 23.3 Å². The van der Waals surface area contributed by atoms with Gasteiger partial charge in [-0.15, -0.1) is 0 Å². The standard InChI is InChI=1S/C14H18O3/c1-11-9-13-14(17-8-7-16-13)10-12(11)5-3-2-4-6-15/h6,9-10H,2-5,7-8H2,1H3. The minimum absolute atomic E-state index is 0.626. The van der Waals surface area contributed by atoms with Crippen molar-refractivity contribution in [2.45, 2.75) is 32.6 Å². The lowest BCUT2D eigenvalue weighted by Crippen LogP contribution is -2.15. The summed E-state index contributed by atoms with van der Waals surface area (Å²) in [4.78, 5) is 10.2. The number of aldehydes is 1.